The summed E-state index contributed by atoms with van der Waals surface area (Å²) in [6.07, 6.45) is 1.02. The number of halogens is 1. The number of benzene rings is 2. The van der Waals surface area contributed by atoms with Crippen LogP contribution in [0, 0.1) is 0 Å². The third-order valence-corrected chi connectivity index (χ3v) is 5.65. The van der Waals surface area contributed by atoms with E-state index in [9.17, 15) is 0 Å². The summed E-state index contributed by atoms with van der Waals surface area (Å²) in [5.41, 5.74) is 8.30. The van der Waals surface area contributed by atoms with Crippen LogP contribution < -0.4 is 30.2 Å². The van der Waals surface area contributed by atoms with Crippen LogP contribution in [0.15, 0.2) is 47.5 Å². The number of anilines is 1. The summed E-state index contributed by atoms with van der Waals surface area (Å²) in [5, 5.41) is 3.21. The average Bonchev–Trinajstić information content (AvgIpc) is 2.85. The molecule has 0 aliphatic carbocycles. The van der Waals surface area contributed by atoms with E-state index in [0.717, 1.165) is 57.0 Å². The van der Waals surface area contributed by atoms with Gasteiger partial charge in [-0.2, -0.15) is 0 Å². The van der Waals surface area contributed by atoms with E-state index in [0.29, 0.717) is 24.0 Å². The van der Waals surface area contributed by atoms with Gasteiger partial charge in [-0.15, -0.1) is 24.0 Å². The van der Waals surface area contributed by atoms with Crippen molar-refractivity contribution in [3.8, 4) is 17.2 Å². The topological polar surface area (TPSA) is 84.6 Å². The van der Waals surface area contributed by atoms with Crippen molar-refractivity contribution in [2.45, 2.75) is 13.0 Å². The van der Waals surface area contributed by atoms with E-state index in [1.165, 1.54) is 5.69 Å². The minimum Gasteiger partial charge on any atom is -0.497 e. The van der Waals surface area contributed by atoms with Crippen molar-refractivity contribution in [1.29, 1.82) is 0 Å². The molecule has 1 aliphatic heterocycles. The number of guanidine groups is 1. The minimum absolute atomic E-state index is 0. The molecule has 0 spiro atoms. The van der Waals surface area contributed by atoms with Crippen molar-refractivity contribution in [2.24, 2.45) is 10.7 Å². The first-order chi connectivity index (χ1) is 15.6. The molecular weight excluding hydrogens is 533 g/mol. The average molecular weight is 569 g/mol. The molecule has 0 bridgehead atoms. The Kier molecular flexibility index (Phi) is 11.4. The Balaban J connectivity index is 0.00000385. The number of aliphatic imine (C=N–C) groups is 1. The molecule has 0 atom stereocenters. The molecule has 3 N–H and O–H groups in total. The molecule has 0 saturated carbocycles. The lowest BCUT2D eigenvalue weighted by molar-refractivity contribution is 0.255. The summed E-state index contributed by atoms with van der Waals surface area (Å²) in [6.45, 7) is 6.55. The summed E-state index contributed by atoms with van der Waals surface area (Å²) < 4.78 is 15.8. The standard InChI is InChI=1S/C24H35N5O3.HI/c1-30-21-8-6-20(7-9-21)29-15-13-28(14-16-29)12-4-11-26-24(25)27-18-19-5-10-22(31-2)23(17-19)32-3;/h5-10,17H,4,11-16,18H2,1-3H3,(H3,25,26,27);1H. The molecule has 2 aromatic carbocycles. The molecule has 3 rings (SSSR count). The van der Waals surface area contributed by atoms with Crippen LogP contribution in [0.3, 0.4) is 0 Å². The number of hydrogen-bond donors (Lipinski definition) is 2. The maximum atomic E-state index is 6.02. The molecule has 33 heavy (non-hydrogen) atoms. The quantitative estimate of drug-likeness (QED) is 0.197. The van der Waals surface area contributed by atoms with Crippen molar-refractivity contribution >= 4 is 35.6 Å². The van der Waals surface area contributed by atoms with Crippen LogP contribution in [-0.4, -0.2) is 71.5 Å². The van der Waals surface area contributed by atoms with E-state index in [-0.39, 0.29) is 24.0 Å². The highest BCUT2D eigenvalue weighted by Gasteiger charge is 2.16. The van der Waals surface area contributed by atoms with Crippen LogP contribution in [0.5, 0.6) is 17.2 Å². The highest BCUT2D eigenvalue weighted by Crippen LogP contribution is 2.27. The number of methoxy groups -OCH3 is 3. The predicted octanol–water partition coefficient (Wildman–Crippen LogP) is 2.95. The molecule has 8 nitrogen and oxygen atoms in total. The van der Waals surface area contributed by atoms with Gasteiger partial charge in [-0.25, -0.2) is 4.99 Å². The molecule has 2 aromatic rings. The normalized spacial score (nSPS) is 14.4. The first-order valence-electron chi connectivity index (χ1n) is 11.0. The Morgan fingerprint density at radius 3 is 2.27 bits per heavy atom. The third-order valence-electron chi connectivity index (χ3n) is 5.65. The Labute approximate surface area is 214 Å². The maximum Gasteiger partial charge on any atom is 0.188 e. The Bertz CT molecular complexity index is 871. The van der Waals surface area contributed by atoms with Crippen molar-refractivity contribution in [3.05, 3.63) is 48.0 Å². The fraction of sp³-hybridized carbons (Fsp3) is 0.458. The fourth-order valence-corrected chi connectivity index (χ4v) is 3.75. The fourth-order valence-electron chi connectivity index (χ4n) is 3.75. The molecule has 0 amide bonds. The van der Waals surface area contributed by atoms with Gasteiger partial charge in [0, 0.05) is 38.4 Å². The molecule has 1 saturated heterocycles. The van der Waals surface area contributed by atoms with Gasteiger partial charge in [0.2, 0.25) is 0 Å². The van der Waals surface area contributed by atoms with Gasteiger partial charge in [0.15, 0.2) is 17.5 Å². The van der Waals surface area contributed by atoms with Crippen LogP contribution >= 0.6 is 24.0 Å². The van der Waals surface area contributed by atoms with Gasteiger partial charge >= 0.3 is 0 Å². The minimum atomic E-state index is 0. The molecule has 1 fully saturated rings. The highest BCUT2D eigenvalue weighted by atomic mass is 127. The van der Waals surface area contributed by atoms with Crippen molar-refractivity contribution in [2.75, 3.05) is 65.5 Å². The summed E-state index contributed by atoms with van der Waals surface area (Å²) in [4.78, 5) is 9.35. The van der Waals surface area contributed by atoms with Crippen molar-refractivity contribution < 1.29 is 14.2 Å². The van der Waals surface area contributed by atoms with Crippen LogP contribution in [0.2, 0.25) is 0 Å². The first kappa shape index (κ1) is 26.8. The Hall–Kier alpha value is -2.40. The number of rotatable bonds is 10. The highest BCUT2D eigenvalue weighted by molar-refractivity contribution is 14.0. The predicted molar refractivity (Wildman–Crippen MR) is 145 cm³/mol. The van der Waals surface area contributed by atoms with Gasteiger partial charge in [0.05, 0.1) is 27.9 Å². The maximum absolute atomic E-state index is 6.02. The van der Waals surface area contributed by atoms with Crippen LogP contribution in [0.4, 0.5) is 5.69 Å². The van der Waals surface area contributed by atoms with Crippen LogP contribution in [0.1, 0.15) is 12.0 Å². The number of nitrogens with one attached hydrogen (secondary N) is 1. The zero-order valence-corrected chi connectivity index (χ0v) is 22.1. The summed E-state index contributed by atoms with van der Waals surface area (Å²) in [6, 6.07) is 14.0. The molecule has 0 aromatic heterocycles. The van der Waals surface area contributed by atoms with E-state index in [1.807, 2.05) is 30.3 Å². The monoisotopic (exact) mass is 569 g/mol. The largest absolute Gasteiger partial charge is 0.497 e. The van der Waals surface area contributed by atoms with E-state index in [1.54, 1.807) is 21.3 Å². The number of nitrogens with two attached hydrogens (primary N) is 1. The van der Waals surface area contributed by atoms with Crippen LogP contribution in [-0.2, 0) is 6.54 Å². The summed E-state index contributed by atoms with van der Waals surface area (Å²) >= 11 is 0. The van der Waals surface area contributed by atoms with Gasteiger partial charge in [-0.05, 0) is 54.9 Å². The Morgan fingerprint density at radius 2 is 1.64 bits per heavy atom. The van der Waals surface area contributed by atoms with Gasteiger partial charge in [-0.1, -0.05) is 6.07 Å². The van der Waals surface area contributed by atoms with E-state index in [4.69, 9.17) is 19.9 Å². The molecule has 0 unspecified atom stereocenters. The van der Waals surface area contributed by atoms with E-state index < -0.39 is 0 Å². The van der Waals surface area contributed by atoms with Gasteiger partial charge in [-0.3, -0.25) is 4.90 Å². The lowest BCUT2D eigenvalue weighted by Gasteiger charge is -2.36. The van der Waals surface area contributed by atoms with Gasteiger partial charge in [0.1, 0.15) is 5.75 Å². The zero-order chi connectivity index (χ0) is 22.8. The van der Waals surface area contributed by atoms with Gasteiger partial charge < -0.3 is 30.2 Å². The third kappa shape index (κ3) is 8.15. The van der Waals surface area contributed by atoms with Crippen molar-refractivity contribution in [1.82, 2.24) is 10.2 Å². The molecule has 1 aliphatic rings. The van der Waals surface area contributed by atoms with Crippen LogP contribution in [0.25, 0.3) is 0 Å². The van der Waals surface area contributed by atoms with Crippen molar-refractivity contribution in [3.63, 3.8) is 0 Å². The second-order valence-corrected chi connectivity index (χ2v) is 7.70. The second kappa shape index (κ2) is 14.0. The molecule has 182 valence electrons. The first-order valence-corrected chi connectivity index (χ1v) is 11.0. The number of piperazine rings is 1. The summed E-state index contributed by atoms with van der Waals surface area (Å²) in [5.74, 6) is 2.76. The SMILES string of the molecule is COc1ccc(N2CCN(CCCNC(N)=NCc3ccc(OC)c(OC)c3)CC2)cc1.I. The summed E-state index contributed by atoms with van der Waals surface area (Å²) in [7, 11) is 4.94. The lowest BCUT2D eigenvalue weighted by atomic mass is 10.2. The van der Waals surface area contributed by atoms with E-state index >= 15 is 0 Å². The molecule has 1 heterocycles. The van der Waals surface area contributed by atoms with Gasteiger partial charge in [0.25, 0.3) is 0 Å². The lowest BCUT2D eigenvalue weighted by Crippen LogP contribution is -2.47. The molecule has 0 radical (unpaired) electrons. The number of ether oxygens (including phenoxy) is 3. The zero-order valence-electron chi connectivity index (χ0n) is 19.8. The number of nitrogens with zero attached hydrogens (tertiary/aromatic N) is 3. The number of hydrogen-bond acceptors (Lipinski definition) is 6. The van der Waals surface area contributed by atoms with E-state index in [2.05, 4.69) is 32.2 Å². The molecular formula is C24H36IN5O3. The molecule has 9 heteroatoms. The smallest absolute Gasteiger partial charge is 0.188 e. The Morgan fingerprint density at radius 1 is 0.939 bits per heavy atom. The second-order valence-electron chi connectivity index (χ2n) is 7.70.